The molecule has 6 nitrogen and oxygen atoms in total. The molecule has 7 heteroatoms. The molecule has 5 atom stereocenters. The predicted octanol–water partition coefficient (Wildman–Crippen LogP) is 1.69. The molecule has 2 fully saturated rings. The Morgan fingerprint density at radius 1 is 1.25 bits per heavy atom. The number of nitrogens with one attached hydrogen (secondary N) is 1. The van der Waals surface area contributed by atoms with Crippen LogP contribution in [-0.2, 0) is 4.79 Å². The fourth-order valence-corrected chi connectivity index (χ4v) is 4.92. The van der Waals surface area contributed by atoms with Crippen molar-refractivity contribution in [1.29, 1.82) is 0 Å². The molecular weight excluding hydrogens is 378 g/mol. The molecule has 28 heavy (non-hydrogen) atoms. The normalized spacial score (nSPS) is 27.8. The Balaban J connectivity index is 1.55. The van der Waals surface area contributed by atoms with Gasteiger partial charge in [-0.1, -0.05) is 43.0 Å². The van der Waals surface area contributed by atoms with Crippen LogP contribution in [-0.4, -0.2) is 59.4 Å². The minimum absolute atomic E-state index is 0.0776. The highest BCUT2D eigenvalue weighted by Gasteiger charge is 2.39. The maximum atomic E-state index is 12.0. The van der Waals surface area contributed by atoms with Crippen molar-refractivity contribution in [3.8, 4) is 0 Å². The van der Waals surface area contributed by atoms with E-state index in [0.717, 1.165) is 18.5 Å². The van der Waals surface area contributed by atoms with Gasteiger partial charge < -0.3 is 21.3 Å². The lowest BCUT2D eigenvalue weighted by molar-refractivity contribution is -0.127. The van der Waals surface area contributed by atoms with Gasteiger partial charge in [-0.25, -0.2) is 0 Å². The molecule has 1 saturated carbocycles. The van der Waals surface area contributed by atoms with E-state index in [9.17, 15) is 15.0 Å². The maximum Gasteiger partial charge on any atom is 0.234 e. The molecule has 0 spiro atoms. The van der Waals surface area contributed by atoms with Gasteiger partial charge in [-0.2, -0.15) is 0 Å². The number of carbonyl (C=O) groups excluding carboxylic acids is 1. The van der Waals surface area contributed by atoms with Gasteiger partial charge in [-0.3, -0.25) is 9.69 Å². The Labute approximate surface area is 172 Å². The number of β-amino-alcohol motifs (C(OH)–C–C–N with tert-alkyl or cyclic N) is 1. The van der Waals surface area contributed by atoms with Crippen LogP contribution in [0.25, 0.3) is 0 Å². The first-order chi connectivity index (χ1) is 13.5. The zero-order chi connectivity index (χ0) is 20.1. The molecular formula is C21H32ClN3O3. The minimum Gasteiger partial charge on any atom is -0.394 e. The molecule has 0 radical (unpaired) electrons. The van der Waals surface area contributed by atoms with E-state index in [4.69, 9.17) is 17.3 Å². The zero-order valence-corrected chi connectivity index (χ0v) is 17.0. The molecule has 1 heterocycles. The smallest absolute Gasteiger partial charge is 0.234 e. The maximum absolute atomic E-state index is 12.0. The van der Waals surface area contributed by atoms with E-state index in [-0.39, 0.29) is 24.6 Å². The van der Waals surface area contributed by atoms with Crippen molar-refractivity contribution in [3.05, 3.63) is 34.9 Å². The summed E-state index contributed by atoms with van der Waals surface area (Å²) in [4.78, 5) is 14.1. The summed E-state index contributed by atoms with van der Waals surface area (Å²) in [5.41, 5.74) is 6.58. The van der Waals surface area contributed by atoms with Crippen molar-refractivity contribution in [2.45, 2.75) is 50.3 Å². The number of nitrogens with two attached hydrogens (primary N) is 1. The number of benzene rings is 1. The number of nitrogens with zero attached hydrogens (tertiary/aromatic N) is 1. The molecule has 0 unspecified atom stereocenters. The van der Waals surface area contributed by atoms with Gasteiger partial charge in [0.2, 0.25) is 5.91 Å². The number of amides is 1. The molecule has 0 aromatic heterocycles. The van der Waals surface area contributed by atoms with Gasteiger partial charge in [0.25, 0.3) is 0 Å². The number of fused-ring (bicyclic) bond motifs is 1. The number of halogens is 1. The highest BCUT2D eigenvalue weighted by Crippen LogP contribution is 2.38. The van der Waals surface area contributed by atoms with Gasteiger partial charge in [0.15, 0.2) is 0 Å². The molecule has 1 aliphatic heterocycles. The standard InChI is InChI=1S/C21H32ClN3O3/c22-17-7-5-14(6-8-17)19(13-26)24-10-18(27)12-25-11-16-4-2-1-3-15(16)9-20(25)21(23)28/h5-8,15-16,18-20,24,26-27H,1-4,9-13H2,(H2,23,28)/t15-,16+,18+,19+,20-/m0/s1. The third-order valence-corrected chi connectivity index (χ3v) is 6.58. The Bertz CT molecular complexity index is 642. The SMILES string of the molecule is NC(=O)[C@@H]1C[C@@H]2CCCC[C@@H]2CN1C[C@H](O)CN[C@H](CO)c1ccc(Cl)cc1. The van der Waals surface area contributed by atoms with E-state index in [1.807, 2.05) is 12.1 Å². The lowest BCUT2D eigenvalue weighted by atomic mass is 9.72. The fourth-order valence-electron chi connectivity index (χ4n) is 4.79. The molecule has 0 bridgehead atoms. The summed E-state index contributed by atoms with van der Waals surface area (Å²) in [5.74, 6) is 0.892. The molecule has 1 aliphatic carbocycles. The van der Waals surface area contributed by atoms with Gasteiger partial charge in [0.1, 0.15) is 0 Å². The van der Waals surface area contributed by atoms with Gasteiger partial charge in [-0.15, -0.1) is 0 Å². The van der Waals surface area contributed by atoms with Crippen LogP contribution < -0.4 is 11.1 Å². The molecule has 2 aliphatic rings. The van der Waals surface area contributed by atoms with Crippen molar-refractivity contribution in [2.24, 2.45) is 17.6 Å². The molecule has 5 N–H and O–H groups in total. The van der Waals surface area contributed by atoms with Crippen LogP contribution >= 0.6 is 11.6 Å². The second-order valence-electron chi connectivity index (χ2n) is 8.26. The zero-order valence-electron chi connectivity index (χ0n) is 16.3. The van der Waals surface area contributed by atoms with Crippen molar-refractivity contribution < 1.29 is 15.0 Å². The third-order valence-electron chi connectivity index (χ3n) is 6.33. The van der Waals surface area contributed by atoms with Gasteiger partial charge in [0.05, 0.1) is 24.8 Å². The summed E-state index contributed by atoms with van der Waals surface area (Å²) in [6, 6.07) is 6.72. The van der Waals surface area contributed by atoms with E-state index < -0.39 is 6.10 Å². The average molecular weight is 410 g/mol. The molecule has 1 aromatic rings. The van der Waals surface area contributed by atoms with Gasteiger partial charge in [0, 0.05) is 24.7 Å². The highest BCUT2D eigenvalue weighted by atomic mass is 35.5. The summed E-state index contributed by atoms with van der Waals surface area (Å²) in [5, 5.41) is 24.1. The quantitative estimate of drug-likeness (QED) is 0.523. The fraction of sp³-hybridized carbons (Fsp3) is 0.667. The van der Waals surface area contributed by atoms with Crippen LogP contribution in [0.2, 0.25) is 5.02 Å². The lowest BCUT2D eigenvalue weighted by Crippen LogP contribution is -2.56. The molecule has 1 amide bonds. The minimum atomic E-state index is -0.650. The number of carbonyl (C=O) groups is 1. The van der Waals surface area contributed by atoms with Crippen molar-refractivity contribution in [2.75, 3.05) is 26.2 Å². The summed E-state index contributed by atoms with van der Waals surface area (Å²) < 4.78 is 0. The number of rotatable bonds is 8. The van der Waals surface area contributed by atoms with Crippen LogP contribution in [0, 0.1) is 11.8 Å². The molecule has 1 aromatic carbocycles. The molecule has 156 valence electrons. The van der Waals surface area contributed by atoms with Crippen molar-refractivity contribution in [1.82, 2.24) is 10.2 Å². The predicted molar refractivity (Wildman–Crippen MR) is 110 cm³/mol. The van der Waals surface area contributed by atoms with Gasteiger partial charge >= 0.3 is 0 Å². The van der Waals surface area contributed by atoms with E-state index in [1.54, 1.807) is 12.1 Å². The van der Waals surface area contributed by atoms with E-state index in [2.05, 4.69) is 10.2 Å². The van der Waals surface area contributed by atoms with Gasteiger partial charge in [-0.05, 0) is 42.4 Å². The monoisotopic (exact) mass is 409 g/mol. The second-order valence-corrected chi connectivity index (χ2v) is 8.70. The Kier molecular flexibility index (Phi) is 7.71. The summed E-state index contributed by atoms with van der Waals surface area (Å²) in [6.07, 6.45) is 5.04. The first kappa shape index (κ1) is 21.5. The molecule has 3 rings (SSSR count). The first-order valence-electron chi connectivity index (χ1n) is 10.3. The number of piperidine rings is 1. The highest BCUT2D eigenvalue weighted by molar-refractivity contribution is 6.30. The summed E-state index contributed by atoms with van der Waals surface area (Å²) >= 11 is 5.92. The summed E-state index contributed by atoms with van der Waals surface area (Å²) in [7, 11) is 0. The first-order valence-corrected chi connectivity index (χ1v) is 10.7. The number of hydrogen-bond donors (Lipinski definition) is 4. The number of primary amides is 1. The van der Waals surface area contributed by atoms with E-state index in [1.165, 1.54) is 25.7 Å². The van der Waals surface area contributed by atoms with Crippen LogP contribution in [0.4, 0.5) is 0 Å². The van der Waals surface area contributed by atoms with Crippen molar-refractivity contribution in [3.63, 3.8) is 0 Å². The van der Waals surface area contributed by atoms with Crippen LogP contribution in [0.15, 0.2) is 24.3 Å². The van der Waals surface area contributed by atoms with E-state index in [0.29, 0.717) is 29.9 Å². The number of aliphatic hydroxyl groups is 2. The Morgan fingerprint density at radius 3 is 2.57 bits per heavy atom. The van der Waals surface area contributed by atoms with Crippen LogP contribution in [0.3, 0.4) is 0 Å². The number of aliphatic hydroxyl groups excluding tert-OH is 2. The van der Waals surface area contributed by atoms with Crippen LogP contribution in [0.5, 0.6) is 0 Å². The third kappa shape index (κ3) is 5.45. The number of hydrogen-bond acceptors (Lipinski definition) is 5. The Hall–Kier alpha value is -1.18. The molecule has 1 saturated heterocycles. The van der Waals surface area contributed by atoms with Crippen LogP contribution in [0.1, 0.15) is 43.7 Å². The largest absolute Gasteiger partial charge is 0.394 e. The Morgan fingerprint density at radius 2 is 1.93 bits per heavy atom. The number of likely N-dealkylation sites (tertiary alicyclic amines) is 1. The topological polar surface area (TPSA) is 98.8 Å². The average Bonchev–Trinajstić information content (AvgIpc) is 2.69. The van der Waals surface area contributed by atoms with Crippen molar-refractivity contribution >= 4 is 17.5 Å². The van der Waals surface area contributed by atoms with E-state index >= 15 is 0 Å². The summed E-state index contributed by atoms with van der Waals surface area (Å²) in [6.45, 7) is 1.48. The lowest BCUT2D eigenvalue weighted by Gasteiger charge is -2.45. The second kappa shape index (κ2) is 10.0.